The maximum absolute atomic E-state index is 12.9. The molecule has 2 aromatic heterocycles. The molecule has 166 valence electrons. The van der Waals surface area contributed by atoms with Crippen molar-refractivity contribution in [3.63, 3.8) is 0 Å². The first-order valence-electron chi connectivity index (χ1n) is 8.89. The van der Waals surface area contributed by atoms with Crippen LogP contribution in [-0.4, -0.2) is 59.8 Å². The van der Waals surface area contributed by atoms with Crippen LogP contribution in [0.4, 0.5) is 13.2 Å². The summed E-state index contributed by atoms with van der Waals surface area (Å²) >= 11 is 0. The Balaban J connectivity index is 0.000000396. The van der Waals surface area contributed by atoms with Gasteiger partial charge in [0, 0.05) is 51.1 Å². The molecule has 30 heavy (non-hydrogen) atoms. The molecule has 0 spiro atoms. The van der Waals surface area contributed by atoms with Crippen LogP contribution >= 0.6 is 0 Å². The zero-order valence-electron chi connectivity index (χ0n) is 16.1. The number of halogens is 3. The van der Waals surface area contributed by atoms with Crippen molar-refractivity contribution in [1.29, 1.82) is 0 Å². The number of aliphatic carboxylic acids is 1. The highest BCUT2D eigenvalue weighted by molar-refractivity contribution is 7.89. The first-order chi connectivity index (χ1) is 14.1. The molecule has 1 aliphatic rings. The van der Waals surface area contributed by atoms with E-state index in [1.807, 2.05) is 18.3 Å². The Morgan fingerprint density at radius 3 is 2.57 bits per heavy atom. The molecule has 0 fully saturated rings. The summed E-state index contributed by atoms with van der Waals surface area (Å²) in [5.74, 6) is -2.54. The molecule has 3 heterocycles. The quantitative estimate of drug-likeness (QED) is 0.752. The van der Waals surface area contributed by atoms with Crippen LogP contribution in [0.2, 0.25) is 0 Å². The average Bonchev–Trinajstić information content (AvgIpc) is 3.04. The van der Waals surface area contributed by atoms with Gasteiger partial charge in [-0.25, -0.2) is 13.2 Å². The fourth-order valence-electron chi connectivity index (χ4n) is 2.94. The van der Waals surface area contributed by atoms with Gasteiger partial charge in [-0.2, -0.15) is 17.5 Å². The van der Waals surface area contributed by atoms with Crippen LogP contribution < -0.4 is 0 Å². The number of hydrogen-bond donors (Lipinski definition) is 1. The van der Waals surface area contributed by atoms with Crippen molar-refractivity contribution < 1.29 is 36.2 Å². The number of nitrogens with zero attached hydrogens (tertiary/aromatic N) is 3. The van der Waals surface area contributed by atoms with Gasteiger partial charge in [-0.1, -0.05) is 0 Å². The molecule has 0 bridgehead atoms. The van der Waals surface area contributed by atoms with Crippen molar-refractivity contribution in [2.24, 2.45) is 5.92 Å². The molecule has 8 nitrogen and oxygen atoms in total. The van der Waals surface area contributed by atoms with Gasteiger partial charge in [0.1, 0.15) is 4.90 Å². The number of aromatic nitrogens is 2. The van der Waals surface area contributed by atoms with E-state index in [2.05, 4.69) is 9.55 Å². The average molecular weight is 449 g/mol. The molecule has 0 radical (unpaired) electrons. The molecular formula is C18H22F3N3O5S. The highest BCUT2D eigenvalue weighted by atomic mass is 32.2. The molecule has 3 rings (SSSR count). The van der Waals surface area contributed by atoms with Crippen molar-refractivity contribution in [2.75, 3.05) is 20.3 Å². The molecule has 0 amide bonds. The number of carboxylic acid groups (broad SMARTS) is 1. The van der Waals surface area contributed by atoms with Crippen LogP contribution in [-0.2, 0) is 32.6 Å². The molecule has 0 aliphatic carbocycles. The number of carboxylic acids is 1. The summed E-state index contributed by atoms with van der Waals surface area (Å²) in [6, 6.07) is 7.18. The number of hydrogen-bond acceptors (Lipinski definition) is 5. The van der Waals surface area contributed by atoms with Crippen LogP contribution in [0, 0.1) is 5.92 Å². The van der Waals surface area contributed by atoms with Crippen LogP contribution in [0.15, 0.2) is 47.8 Å². The number of sulfonamides is 1. The Bertz CT molecular complexity index is 932. The van der Waals surface area contributed by atoms with E-state index in [9.17, 15) is 21.6 Å². The Kier molecular flexibility index (Phi) is 7.98. The summed E-state index contributed by atoms with van der Waals surface area (Å²) in [6.07, 6.45) is 0.736. The topological polar surface area (TPSA) is 102 Å². The second kappa shape index (κ2) is 10.0. The lowest BCUT2D eigenvalue weighted by Crippen LogP contribution is -2.34. The fraction of sp³-hybridized carbons (Fsp3) is 0.444. The summed E-state index contributed by atoms with van der Waals surface area (Å²) in [4.78, 5) is 13.1. The van der Waals surface area contributed by atoms with Crippen LogP contribution in [0.1, 0.15) is 12.1 Å². The van der Waals surface area contributed by atoms with Gasteiger partial charge in [0.05, 0.1) is 6.54 Å². The maximum Gasteiger partial charge on any atom is 0.490 e. The molecule has 12 heteroatoms. The second-order valence-electron chi connectivity index (χ2n) is 6.59. The molecule has 1 atom stereocenters. The third-order valence-electron chi connectivity index (χ3n) is 4.42. The van der Waals surface area contributed by atoms with Crippen molar-refractivity contribution in [3.05, 3.63) is 48.5 Å². The highest BCUT2D eigenvalue weighted by Crippen LogP contribution is 2.25. The van der Waals surface area contributed by atoms with Gasteiger partial charge in [0.25, 0.3) is 0 Å². The predicted octanol–water partition coefficient (Wildman–Crippen LogP) is 2.37. The summed E-state index contributed by atoms with van der Waals surface area (Å²) < 4.78 is 66.5. The SMILES string of the molecule is COCCC1CN(S(=O)(=O)c2cccnc2)Cc2cccn2C1.O=C(O)C(F)(F)F. The Labute approximate surface area is 171 Å². The van der Waals surface area contributed by atoms with Crippen molar-refractivity contribution in [2.45, 2.75) is 30.6 Å². The minimum atomic E-state index is -5.08. The van der Waals surface area contributed by atoms with E-state index >= 15 is 0 Å². The molecule has 0 aromatic carbocycles. The highest BCUT2D eigenvalue weighted by Gasteiger charge is 2.38. The van der Waals surface area contributed by atoms with Gasteiger partial charge in [-0.05, 0) is 36.6 Å². The van der Waals surface area contributed by atoms with Gasteiger partial charge in [0.15, 0.2) is 0 Å². The zero-order chi connectivity index (χ0) is 22.4. The van der Waals surface area contributed by atoms with Crippen LogP contribution in [0.3, 0.4) is 0 Å². The van der Waals surface area contributed by atoms with Crippen molar-refractivity contribution in [3.8, 4) is 0 Å². The Morgan fingerprint density at radius 1 is 1.30 bits per heavy atom. The zero-order valence-corrected chi connectivity index (χ0v) is 16.9. The third-order valence-corrected chi connectivity index (χ3v) is 6.22. The maximum atomic E-state index is 12.9. The van der Waals surface area contributed by atoms with Gasteiger partial charge in [-0.15, -0.1) is 0 Å². The van der Waals surface area contributed by atoms with E-state index in [-0.39, 0.29) is 10.8 Å². The number of ether oxygens (including phenoxy) is 1. The molecule has 2 aromatic rings. The molecule has 1 aliphatic heterocycles. The van der Waals surface area contributed by atoms with E-state index in [1.165, 1.54) is 6.20 Å². The minimum absolute atomic E-state index is 0.218. The molecule has 1 N–H and O–H groups in total. The first kappa shape index (κ1) is 23.8. The van der Waals surface area contributed by atoms with Crippen LogP contribution in [0.5, 0.6) is 0 Å². The summed E-state index contributed by atoms with van der Waals surface area (Å²) in [6.45, 7) is 2.31. The lowest BCUT2D eigenvalue weighted by Gasteiger charge is -2.23. The van der Waals surface area contributed by atoms with Crippen molar-refractivity contribution in [1.82, 2.24) is 13.9 Å². The van der Waals surface area contributed by atoms with Crippen molar-refractivity contribution >= 4 is 16.0 Å². The number of rotatable bonds is 5. The number of fused-ring (bicyclic) bond motifs is 1. The van der Waals surface area contributed by atoms with E-state index in [4.69, 9.17) is 14.6 Å². The smallest absolute Gasteiger partial charge is 0.475 e. The summed E-state index contributed by atoms with van der Waals surface area (Å²) in [5, 5.41) is 7.12. The largest absolute Gasteiger partial charge is 0.490 e. The second-order valence-corrected chi connectivity index (χ2v) is 8.53. The van der Waals surface area contributed by atoms with E-state index in [0.29, 0.717) is 19.7 Å². The third kappa shape index (κ3) is 6.28. The van der Waals surface area contributed by atoms with E-state index < -0.39 is 22.2 Å². The normalized spacial score (nSPS) is 17.4. The number of alkyl halides is 3. The lowest BCUT2D eigenvalue weighted by molar-refractivity contribution is -0.192. The number of methoxy groups -OCH3 is 1. The van der Waals surface area contributed by atoms with Gasteiger partial charge < -0.3 is 14.4 Å². The first-order valence-corrected chi connectivity index (χ1v) is 10.3. The van der Waals surface area contributed by atoms with E-state index in [0.717, 1.165) is 18.7 Å². The molecular weight excluding hydrogens is 427 g/mol. The van der Waals surface area contributed by atoms with Gasteiger partial charge >= 0.3 is 12.1 Å². The number of pyridine rings is 1. The Morgan fingerprint density at radius 2 is 2.00 bits per heavy atom. The van der Waals surface area contributed by atoms with Gasteiger partial charge in [0.2, 0.25) is 10.0 Å². The minimum Gasteiger partial charge on any atom is -0.475 e. The monoisotopic (exact) mass is 449 g/mol. The van der Waals surface area contributed by atoms with Gasteiger partial charge in [-0.3, -0.25) is 4.98 Å². The molecule has 1 unspecified atom stereocenters. The Hall–Kier alpha value is -2.44. The number of carbonyl (C=O) groups is 1. The lowest BCUT2D eigenvalue weighted by atomic mass is 10.1. The summed E-state index contributed by atoms with van der Waals surface area (Å²) in [5.41, 5.74) is 1.01. The molecule has 0 saturated heterocycles. The fourth-order valence-corrected chi connectivity index (χ4v) is 4.39. The summed E-state index contributed by atoms with van der Waals surface area (Å²) in [7, 11) is -1.88. The van der Waals surface area contributed by atoms with E-state index in [1.54, 1.807) is 29.7 Å². The molecule has 0 saturated carbocycles. The predicted molar refractivity (Wildman–Crippen MR) is 99.9 cm³/mol. The van der Waals surface area contributed by atoms with Crippen LogP contribution in [0.25, 0.3) is 0 Å². The standard InChI is InChI=1S/C16H21N3O3S.C2HF3O2/c1-22-9-6-14-11-18-8-3-4-15(18)13-19(12-14)23(20,21)16-5-2-7-17-10-16;3-2(4,5)1(6)7/h2-5,7-8,10,14H,6,9,11-13H2,1H3;(H,6,7).